The number of ether oxygens (including phenoxy) is 2. The first-order valence-electron chi connectivity index (χ1n) is 5.88. The third-order valence-corrected chi connectivity index (χ3v) is 2.02. The fourth-order valence-electron chi connectivity index (χ4n) is 1.11. The molecule has 4 nitrogen and oxygen atoms in total. The highest BCUT2D eigenvalue weighted by Gasteiger charge is 1.91. The predicted molar refractivity (Wildman–Crippen MR) is 60.9 cm³/mol. The van der Waals surface area contributed by atoms with Crippen molar-refractivity contribution in [2.24, 2.45) is 5.73 Å². The maximum atomic E-state index is 8.53. The quantitative estimate of drug-likeness (QED) is 0.479. The Morgan fingerprint density at radius 3 is 1.67 bits per heavy atom. The maximum Gasteiger partial charge on any atom is 0.0478 e. The van der Waals surface area contributed by atoms with Gasteiger partial charge in [0, 0.05) is 33.0 Å². The molecule has 0 fully saturated rings. The van der Waals surface area contributed by atoms with Gasteiger partial charge < -0.3 is 20.3 Å². The van der Waals surface area contributed by atoms with Crippen LogP contribution >= 0.6 is 0 Å². The van der Waals surface area contributed by atoms with Crippen molar-refractivity contribution < 1.29 is 14.6 Å². The molecule has 0 rings (SSSR count). The minimum atomic E-state index is 0.262. The van der Waals surface area contributed by atoms with Gasteiger partial charge in [0.05, 0.1) is 0 Å². The van der Waals surface area contributed by atoms with E-state index in [-0.39, 0.29) is 6.61 Å². The van der Waals surface area contributed by atoms with Crippen molar-refractivity contribution in [3.8, 4) is 0 Å². The van der Waals surface area contributed by atoms with E-state index in [0.29, 0.717) is 6.54 Å². The van der Waals surface area contributed by atoms with Crippen LogP contribution in [0.2, 0.25) is 0 Å². The second kappa shape index (κ2) is 13.8. The average molecular weight is 219 g/mol. The first-order chi connectivity index (χ1) is 7.41. The Balaban J connectivity index is 2.81. The van der Waals surface area contributed by atoms with Crippen LogP contribution < -0.4 is 5.73 Å². The van der Waals surface area contributed by atoms with Crippen LogP contribution in [-0.4, -0.2) is 44.7 Å². The van der Waals surface area contributed by atoms with Crippen molar-refractivity contribution in [1.82, 2.24) is 0 Å². The van der Waals surface area contributed by atoms with Crippen LogP contribution in [0.5, 0.6) is 0 Å². The molecular formula is C11H25NO3. The molecule has 0 aliphatic rings. The van der Waals surface area contributed by atoms with Crippen LogP contribution in [0, 0.1) is 0 Å². The highest BCUT2D eigenvalue weighted by molar-refractivity contribution is 4.41. The molecule has 0 amide bonds. The molecule has 0 aliphatic heterocycles. The summed E-state index contributed by atoms with van der Waals surface area (Å²) in [5.41, 5.74) is 5.33. The molecule has 15 heavy (non-hydrogen) atoms. The first kappa shape index (κ1) is 14.8. The third-order valence-electron chi connectivity index (χ3n) is 2.02. The second-order valence-corrected chi connectivity index (χ2v) is 3.50. The summed E-state index contributed by atoms with van der Waals surface area (Å²) in [4.78, 5) is 0. The fourth-order valence-corrected chi connectivity index (χ4v) is 1.11. The molecule has 0 aliphatic carbocycles. The summed E-state index contributed by atoms with van der Waals surface area (Å²) in [6.45, 7) is 4.10. The molecular weight excluding hydrogens is 194 g/mol. The van der Waals surface area contributed by atoms with Crippen LogP contribution in [-0.2, 0) is 9.47 Å². The summed E-state index contributed by atoms with van der Waals surface area (Å²) < 4.78 is 10.7. The Morgan fingerprint density at radius 2 is 1.20 bits per heavy atom. The van der Waals surface area contributed by atoms with Crippen LogP contribution in [0.15, 0.2) is 0 Å². The molecule has 0 aromatic heterocycles. The SMILES string of the molecule is NCCCOCCCCOCCCCO. The lowest BCUT2D eigenvalue weighted by Gasteiger charge is -2.04. The Hall–Kier alpha value is -0.160. The van der Waals surface area contributed by atoms with Crippen LogP contribution in [0.3, 0.4) is 0 Å². The van der Waals surface area contributed by atoms with E-state index in [9.17, 15) is 0 Å². The molecule has 3 N–H and O–H groups in total. The number of aliphatic hydroxyl groups is 1. The Bertz CT molecular complexity index is 100. The number of nitrogens with two attached hydrogens (primary N) is 1. The highest BCUT2D eigenvalue weighted by Crippen LogP contribution is 1.94. The van der Waals surface area contributed by atoms with Crippen molar-refractivity contribution in [3.63, 3.8) is 0 Å². The van der Waals surface area contributed by atoms with E-state index in [0.717, 1.165) is 58.5 Å². The third kappa shape index (κ3) is 13.8. The Labute approximate surface area is 92.7 Å². The Kier molecular flexibility index (Phi) is 13.7. The van der Waals surface area contributed by atoms with Gasteiger partial charge in [-0.15, -0.1) is 0 Å². The predicted octanol–water partition coefficient (Wildman–Crippen LogP) is 0.921. The molecule has 0 aromatic carbocycles. The number of rotatable bonds is 12. The van der Waals surface area contributed by atoms with E-state index >= 15 is 0 Å². The topological polar surface area (TPSA) is 64.7 Å². The molecule has 0 spiro atoms. The summed E-state index contributed by atoms with van der Waals surface area (Å²) in [5.74, 6) is 0. The number of hydrogen-bond donors (Lipinski definition) is 2. The van der Waals surface area contributed by atoms with Gasteiger partial charge in [0.2, 0.25) is 0 Å². The van der Waals surface area contributed by atoms with Crippen molar-refractivity contribution in [1.29, 1.82) is 0 Å². The smallest absolute Gasteiger partial charge is 0.0478 e. The zero-order valence-electron chi connectivity index (χ0n) is 9.62. The monoisotopic (exact) mass is 219 g/mol. The number of unbranched alkanes of at least 4 members (excludes halogenated alkanes) is 2. The minimum Gasteiger partial charge on any atom is -0.396 e. The van der Waals surface area contributed by atoms with Gasteiger partial charge in [-0.3, -0.25) is 0 Å². The normalized spacial score (nSPS) is 10.8. The molecule has 4 heteroatoms. The molecule has 92 valence electrons. The maximum absolute atomic E-state index is 8.53. The molecule has 0 atom stereocenters. The van der Waals surface area contributed by atoms with E-state index < -0.39 is 0 Å². The fraction of sp³-hybridized carbons (Fsp3) is 1.00. The molecule has 0 saturated carbocycles. The van der Waals surface area contributed by atoms with Crippen molar-refractivity contribution in [3.05, 3.63) is 0 Å². The molecule has 0 saturated heterocycles. The number of hydrogen-bond acceptors (Lipinski definition) is 4. The van der Waals surface area contributed by atoms with Gasteiger partial charge in [-0.25, -0.2) is 0 Å². The average Bonchev–Trinajstić information content (AvgIpc) is 2.26. The Morgan fingerprint density at radius 1 is 0.733 bits per heavy atom. The lowest BCUT2D eigenvalue weighted by atomic mass is 10.3. The first-order valence-corrected chi connectivity index (χ1v) is 5.88. The molecule has 0 unspecified atom stereocenters. The lowest BCUT2D eigenvalue weighted by molar-refractivity contribution is 0.0987. The molecule has 0 aromatic rings. The zero-order valence-corrected chi connectivity index (χ0v) is 9.62. The van der Waals surface area contributed by atoms with Crippen molar-refractivity contribution in [2.75, 3.05) is 39.6 Å². The summed E-state index contributed by atoms with van der Waals surface area (Å²) in [6.07, 6.45) is 4.82. The van der Waals surface area contributed by atoms with Crippen LogP contribution in [0.4, 0.5) is 0 Å². The van der Waals surface area contributed by atoms with Crippen molar-refractivity contribution >= 4 is 0 Å². The van der Waals surface area contributed by atoms with E-state index in [1.807, 2.05) is 0 Å². The van der Waals surface area contributed by atoms with Gasteiger partial charge in [-0.2, -0.15) is 0 Å². The lowest BCUT2D eigenvalue weighted by Crippen LogP contribution is -2.05. The zero-order chi connectivity index (χ0) is 11.2. The second-order valence-electron chi connectivity index (χ2n) is 3.50. The van der Waals surface area contributed by atoms with Crippen LogP contribution in [0.1, 0.15) is 32.1 Å². The number of aliphatic hydroxyl groups excluding tert-OH is 1. The van der Waals surface area contributed by atoms with E-state index in [2.05, 4.69) is 0 Å². The summed E-state index contributed by atoms with van der Waals surface area (Å²) in [6, 6.07) is 0. The standard InChI is InChI=1S/C11H25NO3/c12-6-5-11-15-10-4-3-9-14-8-2-1-7-13/h13H,1-12H2. The summed E-state index contributed by atoms with van der Waals surface area (Å²) in [5, 5.41) is 8.53. The largest absolute Gasteiger partial charge is 0.396 e. The van der Waals surface area contributed by atoms with Gasteiger partial charge in [0.1, 0.15) is 0 Å². The minimum absolute atomic E-state index is 0.262. The van der Waals surface area contributed by atoms with Gasteiger partial charge in [-0.05, 0) is 38.6 Å². The molecule has 0 bridgehead atoms. The van der Waals surface area contributed by atoms with Gasteiger partial charge in [0.15, 0.2) is 0 Å². The van der Waals surface area contributed by atoms with E-state index in [1.54, 1.807) is 0 Å². The highest BCUT2D eigenvalue weighted by atomic mass is 16.5. The summed E-state index contributed by atoms with van der Waals surface area (Å²) in [7, 11) is 0. The van der Waals surface area contributed by atoms with Gasteiger partial charge in [0.25, 0.3) is 0 Å². The van der Waals surface area contributed by atoms with E-state index in [1.165, 1.54) is 0 Å². The van der Waals surface area contributed by atoms with Gasteiger partial charge >= 0.3 is 0 Å². The molecule has 0 radical (unpaired) electrons. The van der Waals surface area contributed by atoms with Crippen LogP contribution in [0.25, 0.3) is 0 Å². The molecule has 0 heterocycles. The summed E-state index contributed by atoms with van der Waals surface area (Å²) >= 11 is 0. The van der Waals surface area contributed by atoms with Gasteiger partial charge in [-0.1, -0.05) is 0 Å². The van der Waals surface area contributed by atoms with E-state index in [4.69, 9.17) is 20.3 Å². The van der Waals surface area contributed by atoms with Crippen molar-refractivity contribution in [2.45, 2.75) is 32.1 Å².